The molecule has 0 fully saturated rings. The van der Waals surface area contributed by atoms with Crippen molar-refractivity contribution in [3.05, 3.63) is 58.6 Å². The van der Waals surface area contributed by atoms with Crippen molar-refractivity contribution >= 4 is 35.0 Å². The van der Waals surface area contributed by atoms with E-state index < -0.39 is 0 Å². The average Bonchev–Trinajstić information content (AvgIpc) is 2.67. The number of nitrogens with zero attached hydrogens (tertiary/aromatic N) is 1. The Morgan fingerprint density at radius 2 is 1.83 bits per heavy atom. The van der Waals surface area contributed by atoms with Crippen LogP contribution in [0.3, 0.4) is 0 Å². The number of anilines is 1. The first-order valence-corrected chi connectivity index (χ1v) is 9.53. The number of carbonyl (C=O) groups excluding carboxylic acids is 1. The minimum absolute atomic E-state index is 0.133. The van der Waals surface area contributed by atoms with E-state index in [1.54, 1.807) is 11.8 Å². The number of halogens is 1. The third-order valence-electron chi connectivity index (χ3n) is 4.25. The van der Waals surface area contributed by atoms with Gasteiger partial charge in [-0.15, -0.1) is 11.8 Å². The van der Waals surface area contributed by atoms with Crippen LogP contribution in [0.2, 0.25) is 5.02 Å². The smallest absolute Gasteiger partial charge is 0.228 e. The Balaban J connectivity index is 1.91. The van der Waals surface area contributed by atoms with Crippen LogP contribution in [0.1, 0.15) is 38.3 Å². The number of amides is 1. The molecule has 1 aliphatic rings. The molecule has 2 aromatic rings. The highest BCUT2D eigenvalue weighted by Crippen LogP contribution is 2.37. The molecule has 24 heavy (non-hydrogen) atoms. The SMILES string of the molecule is CC(C)(C)c1ccc(CN2C(=O)CCSc3ccc(Cl)cc32)cc1. The maximum atomic E-state index is 12.6. The topological polar surface area (TPSA) is 20.3 Å². The standard InChI is InChI=1S/C20H22ClNOS/c1-20(2,3)15-6-4-14(5-7-15)13-22-17-12-16(21)8-9-18(17)24-11-10-19(22)23/h4-9,12H,10-11,13H2,1-3H3. The number of rotatable bonds is 2. The lowest BCUT2D eigenvalue weighted by atomic mass is 9.87. The Hall–Kier alpha value is -1.45. The molecule has 0 atom stereocenters. The highest BCUT2D eigenvalue weighted by atomic mass is 35.5. The molecule has 3 rings (SSSR count). The van der Waals surface area contributed by atoms with Gasteiger partial charge in [0.2, 0.25) is 5.91 Å². The molecule has 4 heteroatoms. The number of thioether (sulfide) groups is 1. The minimum Gasteiger partial charge on any atom is -0.307 e. The van der Waals surface area contributed by atoms with Gasteiger partial charge in [0.05, 0.1) is 12.2 Å². The first kappa shape index (κ1) is 17.4. The first-order valence-electron chi connectivity index (χ1n) is 8.17. The van der Waals surface area contributed by atoms with Crippen LogP contribution in [-0.2, 0) is 16.8 Å². The van der Waals surface area contributed by atoms with E-state index in [0.29, 0.717) is 18.0 Å². The van der Waals surface area contributed by atoms with Crippen molar-refractivity contribution in [2.45, 2.75) is 44.0 Å². The molecule has 2 aromatic carbocycles. The van der Waals surface area contributed by atoms with Gasteiger partial charge in [0.1, 0.15) is 0 Å². The molecule has 0 aromatic heterocycles. The molecule has 126 valence electrons. The van der Waals surface area contributed by atoms with E-state index in [1.807, 2.05) is 23.1 Å². The van der Waals surface area contributed by atoms with Crippen LogP contribution in [0.25, 0.3) is 0 Å². The van der Waals surface area contributed by atoms with Gasteiger partial charge in [-0.2, -0.15) is 0 Å². The zero-order valence-electron chi connectivity index (χ0n) is 14.3. The van der Waals surface area contributed by atoms with Crippen LogP contribution < -0.4 is 4.90 Å². The van der Waals surface area contributed by atoms with E-state index in [-0.39, 0.29) is 11.3 Å². The number of hydrogen-bond acceptors (Lipinski definition) is 2. The molecule has 0 aliphatic carbocycles. The Kier molecular flexibility index (Phi) is 4.93. The lowest BCUT2D eigenvalue weighted by molar-refractivity contribution is -0.118. The molecule has 0 spiro atoms. The van der Waals surface area contributed by atoms with Gasteiger partial charge in [-0.3, -0.25) is 4.79 Å². The van der Waals surface area contributed by atoms with Gasteiger partial charge in [0.15, 0.2) is 0 Å². The number of benzene rings is 2. The van der Waals surface area contributed by atoms with Crippen molar-refractivity contribution in [1.29, 1.82) is 0 Å². The fraction of sp³-hybridized carbons (Fsp3) is 0.350. The molecule has 0 unspecified atom stereocenters. The summed E-state index contributed by atoms with van der Waals surface area (Å²) in [6, 6.07) is 14.4. The summed E-state index contributed by atoms with van der Waals surface area (Å²) < 4.78 is 0. The second-order valence-electron chi connectivity index (χ2n) is 7.14. The number of hydrogen-bond donors (Lipinski definition) is 0. The second kappa shape index (κ2) is 6.81. The summed E-state index contributed by atoms with van der Waals surface area (Å²) in [6.45, 7) is 7.19. The zero-order chi connectivity index (χ0) is 17.3. The van der Waals surface area contributed by atoms with Crippen LogP contribution in [-0.4, -0.2) is 11.7 Å². The molecular weight excluding hydrogens is 338 g/mol. The van der Waals surface area contributed by atoms with Crippen LogP contribution in [0.5, 0.6) is 0 Å². The van der Waals surface area contributed by atoms with Crippen LogP contribution in [0.15, 0.2) is 47.4 Å². The Bertz CT molecular complexity index is 749. The van der Waals surface area contributed by atoms with E-state index in [1.165, 1.54) is 5.56 Å². The van der Waals surface area contributed by atoms with Crippen molar-refractivity contribution in [2.75, 3.05) is 10.7 Å². The highest BCUT2D eigenvalue weighted by molar-refractivity contribution is 7.99. The minimum atomic E-state index is 0.133. The summed E-state index contributed by atoms with van der Waals surface area (Å²) in [5.74, 6) is 0.968. The third-order valence-corrected chi connectivity index (χ3v) is 5.55. The van der Waals surface area contributed by atoms with E-state index in [9.17, 15) is 4.79 Å². The Morgan fingerprint density at radius 3 is 2.50 bits per heavy atom. The van der Waals surface area contributed by atoms with Crippen LogP contribution in [0.4, 0.5) is 5.69 Å². The summed E-state index contributed by atoms with van der Waals surface area (Å²) in [7, 11) is 0. The van der Waals surface area contributed by atoms with E-state index in [4.69, 9.17) is 11.6 Å². The predicted molar refractivity (Wildman–Crippen MR) is 103 cm³/mol. The van der Waals surface area contributed by atoms with E-state index >= 15 is 0 Å². The fourth-order valence-electron chi connectivity index (χ4n) is 2.81. The zero-order valence-corrected chi connectivity index (χ0v) is 15.9. The average molecular weight is 360 g/mol. The summed E-state index contributed by atoms with van der Waals surface area (Å²) in [4.78, 5) is 15.6. The largest absolute Gasteiger partial charge is 0.307 e. The van der Waals surface area contributed by atoms with E-state index in [0.717, 1.165) is 21.9 Å². The maximum absolute atomic E-state index is 12.6. The first-order chi connectivity index (χ1) is 11.3. The molecule has 0 bridgehead atoms. The molecule has 0 radical (unpaired) electrons. The van der Waals surface area contributed by atoms with Gasteiger partial charge in [-0.25, -0.2) is 0 Å². The highest BCUT2D eigenvalue weighted by Gasteiger charge is 2.23. The number of fused-ring (bicyclic) bond motifs is 1. The summed E-state index contributed by atoms with van der Waals surface area (Å²) in [5, 5.41) is 0.664. The Morgan fingerprint density at radius 1 is 1.12 bits per heavy atom. The van der Waals surface area contributed by atoms with Gasteiger partial charge in [-0.1, -0.05) is 56.6 Å². The summed E-state index contributed by atoms with van der Waals surface area (Å²) in [6.07, 6.45) is 0.553. The Labute approximate surface area is 153 Å². The molecule has 1 aliphatic heterocycles. The van der Waals surface area contributed by atoms with Gasteiger partial charge in [0.25, 0.3) is 0 Å². The molecule has 0 saturated heterocycles. The maximum Gasteiger partial charge on any atom is 0.228 e. The van der Waals surface area contributed by atoms with Crippen molar-refractivity contribution in [2.24, 2.45) is 0 Å². The summed E-state index contributed by atoms with van der Waals surface area (Å²) in [5.41, 5.74) is 3.49. The van der Waals surface area contributed by atoms with E-state index in [2.05, 4.69) is 45.0 Å². The van der Waals surface area contributed by atoms with Gasteiger partial charge in [0, 0.05) is 22.1 Å². The quantitative estimate of drug-likeness (QED) is 0.688. The molecule has 1 heterocycles. The molecular formula is C20H22ClNOS. The predicted octanol–water partition coefficient (Wildman–Crippen LogP) is 5.67. The number of carbonyl (C=O) groups is 1. The fourth-order valence-corrected chi connectivity index (χ4v) is 3.95. The monoisotopic (exact) mass is 359 g/mol. The van der Waals surface area contributed by atoms with Gasteiger partial charge >= 0.3 is 0 Å². The van der Waals surface area contributed by atoms with Crippen molar-refractivity contribution < 1.29 is 4.79 Å². The van der Waals surface area contributed by atoms with Crippen LogP contribution >= 0.6 is 23.4 Å². The molecule has 2 nitrogen and oxygen atoms in total. The third kappa shape index (κ3) is 3.79. The van der Waals surface area contributed by atoms with Gasteiger partial charge in [-0.05, 0) is 34.7 Å². The molecule has 0 N–H and O–H groups in total. The lowest BCUT2D eigenvalue weighted by Gasteiger charge is -2.24. The normalized spacial score (nSPS) is 15.2. The molecule has 1 amide bonds. The summed E-state index contributed by atoms with van der Waals surface area (Å²) >= 11 is 7.89. The lowest BCUT2D eigenvalue weighted by Crippen LogP contribution is -2.30. The van der Waals surface area contributed by atoms with Crippen LogP contribution in [0, 0.1) is 0 Å². The molecule has 0 saturated carbocycles. The second-order valence-corrected chi connectivity index (χ2v) is 8.71. The van der Waals surface area contributed by atoms with Crippen molar-refractivity contribution in [3.8, 4) is 0 Å². The van der Waals surface area contributed by atoms with Crippen molar-refractivity contribution in [1.82, 2.24) is 0 Å². The van der Waals surface area contributed by atoms with Crippen molar-refractivity contribution in [3.63, 3.8) is 0 Å². The van der Waals surface area contributed by atoms with Gasteiger partial charge < -0.3 is 4.90 Å².